The number of carbonyl (C=O) groups excluding carboxylic acids is 3. The fraction of sp³-hybridized carbons (Fsp3) is 0.500. The number of nitrogens with zero attached hydrogens (tertiary/aromatic N) is 1. The molecule has 3 amide bonds. The first kappa shape index (κ1) is 20.1. The fourth-order valence-corrected chi connectivity index (χ4v) is 3.21. The number of quaternary nitrogens is 1. The van der Waals surface area contributed by atoms with E-state index >= 15 is 0 Å². The lowest BCUT2D eigenvalue weighted by Gasteiger charge is -2.28. The largest absolute Gasteiger partial charge is 0.416 e. The number of likely N-dealkylation sites (tertiary alicyclic amines) is 1. The minimum absolute atomic E-state index is 0.0398. The first-order valence-electron chi connectivity index (χ1n) is 8.49. The highest BCUT2D eigenvalue weighted by molar-refractivity contribution is 5.83. The van der Waals surface area contributed by atoms with Crippen molar-refractivity contribution in [1.29, 1.82) is 0 Å². The number of halogens is 3. The van der Waals surface area contributed by atoms with E-state index in [4.69, 9.17) is 0 Å². The maximum Gasteiger partial charge on any atom is 0.416 e. The SMILES string of the molecule is C[C@@H]1CCC[N+]1(C=O)C(=O)CCC(=O)NCc1ccc(C(F)(F)F)cc1. The fourth-order valence-electron chi connectivity index (χ4n) is 3.21. The van der Waals surface area contributed by atoms with Gasteiger partial charge in [0, 0.05) is 25.8 Å². The summed E-state index contributed by atoms with van der Waals surface area (Å²) in [5.74, 6) is -0.649. The zero-order chi connectivity index (χ0) is 19.4. The molecular weight excluding hydrogens is 349 g/mol. The van der Waals surface area contributed by atoms with Crippen molar-refractivity contribution in [3.8, 4) is 0 Å². The summed E-state index contributed by atoms with van der Waals surface area (Å²) >= 11 is 0. The highest BCUT2D eigenvalue weighted by atomic mass is 19.4. The summed E-state index contributed by atoms with van der Waals surface area (Å²) in [6.45, 7) is 2.40. The van der Waals surface area contributed by atoms with Crippen molar-refractivity contribution in [1.82, 2.24) is 5.32 Å². The van der Waals surface area contributed by atoms with E-state index in [0.29, 0.717) is 18.5 Å². The van der Waals surface area contributed by atoms with Gasteiger partial charge >= 0.3 is 18.5 Å². The van der Waals surface area contributed by atoms with Crippen LogP contribution < -0.4 is 5.32 Å². The molecule has 1 fully saturated rings. The molecule has 1 unspecified atom stereocenters. The van der Waals surface area contributed by atoms with Gasteiger partial charge in [-0.05, 0) is 24.6 Å². The topological polar surface area (TPSA) is 63.2 Å². The molecule has 8 heteroatoms. The normalized spacial score (nSPS) is 22.8. The number of carbonyl (C=O) groups is 3. The van der Waals surface area contributed by atoms with Crippen LogP contribution in [0.25, 0.3) is 0 Å². The maximum atomic E-state index is 12.5. The van der Waals surface area contributed by atoms with Gasteiger partial charge in [0.25, 0.3) is 0 Å². The molecule has 0 bridgehead atoms. The van der Waals surface area contributed by atoms with E-state index in [1.165, 1.54) is 12.1 Å². The average molecular weight is 371 g/mol. The van der Waals surface area contributed by atoms with Gasteiger partial charge in [0.2, 0.25) is 5.91 Å². The molecule has 1 aromatic rings. The Bertz CT molecular complexity index is 673. The Morgan fingerprint density at radius 3 is 2.38 bits per heavy atom. The van der Waals surface area contributed by atoms with Crippen LogP contribution in [-0.2, 0) is 27.1 Å². The predicted molar refractivity (Wildman–Crippen MR) is 87.4 cm³/mol. The summed E-state index contributed by atoms with van der Waals surface area (Å²) in [5, 5.41) is 2.58. The maximum absolute atomic E-state index is 12.5. The molecule has 1 aliphatic rings. The van der Waals surface area contributed by atoms with Crippen molar-refractivity contribution < 1.29 is 32.0 Å². The third-order valence-corrected chi connectivity index (χ3v) is 4.93. The van der Waals surface area contributed by atoms with Crippen LogP contribution in [0.4, 0.5) is 13.2 Å². The standard InChI is InChI=1S/C18H21F3N2O3/c1-13-3-2-10-23(13,12-24)17(26)9-8-16(25)22-11-14-4-6-15(7-5-14)18(19,20)21/h4-7,12-13H,2-3,8-11H2,1H3/p+1/t13-,23?/m1/s1. The molecule has 26 heavy (non-hydrogen) atoms. The number of benzene rings is 1. The van der Waals surface area contributed by atoms with Gasteiger partial charge in [-0.3, -0.25) is 4.79 Å². The minimum atomic E-state index is -4.40. The second kappa shape index (κ2) is 7.99. The molecule has 1 aliphatic heterocycles. The summed E-state index contributed by atoms with van der Waals surface area (Å²) < 4.78 is 37.3. The Balaban J connectivity index is 1.82. The van der Waals surface area contributed by atoms with Crippen LogP contribution in [0.15, 0.2) is 24.3 Å². The van der Waals surface area contributed by atoms with Crippen molar-refractivity contribution in [3.05, 3.63) is 35.4 Å². The molecule has 2 rings (SSSR count). The van der Waals surface area contributed by atoms with E-state index in [9.17, 15) is 27.6 Å². The number of rotatable bonds is 6. The molecule has 5 nitrogen and oxygen atoms in total. The van der Waals surface area contributed by atoms with Crippen LogP contribution in [0.3, 0.4) is 0 Å². The molecule has 142 valence electrons. The van der Waals surface area contributed by atoms with Gasteiger partial charge < -0.3 is 5.32 Å². The van der Waals surface area contributed by atoms with Crippen LogP contribution in [-0.4, -0.2) is 35.3 Å². The van der Waals surface area contributed by atoms with Crippen molar-refractivity contribution in [3.63, 3.8) is 0 Å². The average Bonchev–Trinajstić information content (AvgIpc) is 2.99. The van der Waals surface area contributed by atoms with Crippen LogP contribution in [0.5, 0.6) is 0 Å². The highest BCUT2D eigenvalue weighted by Gasteiger charge is 2.45. The molecule has 0 aromatic heterocycles. The molecule has 0 saturated carbocycles. The number of hydrogen-bond acceptors (Lipinski definition) is 3. The van der Waals surface area contributed by atoms with Crippen LogP contribution >= 0.6 is 0 Å². The van der Waals surface area contributed by atoms with Gasteiger partial charge in [-0.2, -0.15) is 17.7 Å². The Labute approximate surface area is 149 Å². The second-order valence-electron chi connectivity index (χ2n) is 6.62. The summed E-state index contributed by atoms with van der Waals surface area (Å²) in [6.07, 6.45) is -2.23. The van der Waals surface area contributed by atoms with E-state index in [0.717, 1.165) is 25.0 Å². The highest BCUT2D eigenvalue weighted by Crippen LogP contribution is 2.29. The summed E-state index contributed by atoms with van der Waals surface area (Å²) in [7, 11) is 0. The van der Waals surface area contributed by atoms with E-state index < -0.39 is 11.7 Å². The number of amides is 3. The van der Waals surface area contributed by atoms with Gasteiger partial charge in [0.1, 0.15) is 6.04 Å². The Morgan fingerprint density at radius 1 is 1.23 bits per heavy atom. The molecular formula is C18H22F3N2O3+. The van der Waals surface area contributed by atoms with Crippen molar-refractivity contribution in [2.45, 2.75) is 51.4 Å². The van der Waals surface area contributed by atoms with Gasteiger partial charge in [0.15, 0.2) is 0 Å². The smallest absolute Gasteiger partial charge is 0.352 e. The van der Waals surface area contributed by atoms with Gasteiger partial charge in [0.05, 0.1) is 18.5 Å². The quantitative estimate of drug-likeness (QED) is 0.618. The molecule has 0 spiro atoms. The zero-order valence-electron chi connectivity index (χ0n) is 14.5. The van der Waals surface area contributed by atoms with E-state index in [1.54, 1.807) is 0 Å². The Kier molecular flexibility index (Phi) is 6.17. The first-order chi connectivity index (χ1) is 12.2. The van der Waals surface area contributed by atoms with Gasteiger partial charge in [-0.1, -0.05) is 12.1 Å². The van der Waals surface area contributed by atoms with Gasteiger partial charge in [-0.15, -0.1) is 0 Å². The molecule has 2 atom stereocenters. The third kappa shape index (κ3) is 4.49. The molecule has 1 N–H and O–H groups in total. The Morgan fingerprint density at radius 2 is 1.88 bits per heavy atom. The summed E-state index contributed by atoms with van der Waals surface area (Å²) in [6, 6.07) is 4.44. The molecule has 0 radical (unpaired) electrons. The van der Waals surface area contributed by atoms with E-state index in [1.807, 2.05) is 6.92 Å². The lowest BCUT2D eigenvalue weighted by atomic mass is 10.1. The van der Waals surface area contributed by atoms with Crippen LogP contribution in [0.1, 0.15) is 43.7 Å². The van der Waals surface area contributed by atoms with Gasteiger partial charge in [-0.25, -0.2) is 9.59 Å². The minimum Gasteiger partial charge on any atom is -0.352 e. The lowest BCUT2D eigenvalue weighted by molar-refractivity contribution is -0.780. The zero-order valence-corrected chi connectivity index (χ0v) is 14.5. The van der Waals surface area contributed by atoms with Crippen molar-refractivity contribution in [2.75, 3.05) is 6.54 Å². The van der Waals surface area contributed by atoms with Crippen molar-refractivity contribution in [2.24, 2.45) is 0 Å². The molecule has 1 saturated heterocycles. The van der Waals surface area contributed by atoms with E-state index in [-0.39, 0.29) is 41.7 Å². The lowest BCUT2D eigenvalue weighted by Crippen LogP contribution is -2.54. The molecule has 1 aromatic carbocycles. The number of imide groups is 1. The summed E-state index contributed by atoms with van der Waals surface area (Å²) in [4.78, 5) is 35.7. The summed E-state index contributed by atoms with van der Waals surface area (Å²) in [5.41, 5.74) is -0.219. The van der Waals surface area contributed by atoms with Crippen LogP contribution in [0.2, 0.25) is 0 Å². The number of hydrogen-bond donors (Lipinski definition) is 1. The van der Waals surface area contributed by atoms with Crippen molar-refractivity contribution >= 4 is 18.2 Å². The molecule has 0 aliphatic carbocycles. The monoisotopic (exact) mass is 371 g/mol. The Hall–Kier alpha value is -2.22. The van der Waals surface area contributed by atoms with Crippen LogP contribution in [0, 0.1) is 0 Å². The number of nitrogens with one attached hydrogen (secondary N) is 1. The molecule has 1 heterocycles. The van der Waals surface area contributed by atoms with E-state index in [2.05, 4.69) is 5.32 Å². The number of alkyl halides is 3. The second-order valence-corrected chi connectivity index (χ2v) is 6.62. The predicted octanol–water partition coefficient (Wildman–Crippen LogP) is 2.78. The third-order valence-electron chi connectivity index (χ3n) is 4.93. The first-order valence-corrected chi connectivity index (χ1v) is 8.49.